The van der Waals surface area contributed by atoms with Gasteiger partial charge in [-0.2, -0.15) is 0 Å². The Labute approximate surface area is 224 Å². The van der Waals surface area contributed by atoms with Crippen LogP contribution in [0.5, 0.6) is 0 Å². The zero-order valence-corrected chi connectivity index (χ0v) is 23.5. The summed E-state index contributed by atoms with van der Waals surface area (Å²) >= 11 is 0. The third-order valence-electron chi connectivity index (χ3n) is 8.20. The Kier molecular flexibility index (Phi) is 7.09. The minimum absolute atomic E-state index is 0.0902. The summed E-state index contributed by atoms with van der Waals surface area (Å²) in [6, 6.07) is 14.6. The van der Waals surface area contributed by atoms with Gasteiger partial charge in [-0.25, -0.2) is 4.68 Å². The van der Waals surface area contributed by atoms with E-state index >= 15 is 0 Å². The van der Waals surface area contributed by atoms with Crippen LogP contribution in [0.25, 0.3) is 10.9 Å². The molecule has 0 amide bonds. The summed E-state index contributed by atoms with van der Waals surface area (Å²) in [7, 11) is 0. The molecule has 3 heterocycles. The lowest BCUT2D eigenvalue weighted by Gasteiger charge is -2.40. The number of nitrogens with one attached hydrogen (secondary N) is 1. The SMILES string of the molecule is CCc1ccc2[nH]c(=O)c([C@@H](c3nnnn3C(C)(C)CC)N3CCN(c4cc(C)ccc4C)CC3)cc2c1. The summed E-state index contributed by atoms with van der Waals surface area (Å²) in [5, 5.41) is 14.1. The van der Waals surface area contributed by atoms with Crippen LogP contribution in [0.1, 0.15) is 68.2 Å². The van der Waals surface area contributed by atoms with Gasteiger partial charge in [-0.1, -0.05) is 32.0 Å². The van der Waals surface area contributed by atoms with Gasteiger partial charge in [0.2, 0.25) is 0 Å². The van der Waals surface area contributed by atoms with Crippen molar-refractivity contribution in [1.82, 2.24) is 30.1 Å². The first-order valence-corrected chi connectivity index (χ1v) is 13.7. The molecule has 1 N–H and O–H groups in total. The second-order valence-electron chi connectivity index (χ2n) is 11.2. The molecule has 1 aliphatic rings. The lowest BCUT2D eigenvalue weighted by molar-refractivity contribution is 0.186. The molecule has 8 nitrogen and oxygen atoms in total. The van der Waals surface area contributed by atoms with Crippen molar-refractivity contribution in [2.75, 3.05) is 31.1 Å². The second kappa shape index (κ2) is 10.3. The molecule has 2 aromatic heterocycles. The highest BCUT2D eigenvalue weighted by atomic mass is 16.1. The molecule has 0 saturated carbocycles. The van der Waals surface area contributed by atoms with Gasteiger partial charge in [0, 0.05) is 42.9 Å². The minimum Gasteiger partial charge on any atom is -0.369 e. The van der Waals surface area contributed by atoms with Gasteiger partial charge in [0.15, 0.2) is 5.82 Å². The van der Waals surface area contributed by atoms with Crippen LogP contribution in [-0.2, 0) is 12.0 Å². The Morgan fingerprint density at radius 2 is 1.76 bits per heavy atom. The Balaban J connectivity index is 1.57. The number of fused-ring (bicyclic) bond motifs is 1. The smallest absolute Gasteiger partial charge is 0.253 e. The predicted molar refractivity (Wildman–Crippen MR) is 153 cm³/mol. The summed E-state index contributed by atoms with van der Waals surface area (Å²) < 4.78 is 1.92. The molecule has 200 valence electrons. The van der Waals surface area contributed by atoms with Gasteiger partial charge >= 0.3 is 0 Å². The van der Waals surface area contributed by atoms with Gasteiger partial charge in [-0.3, -0.25) is 9.69 Å². The topological polar surface area (TPSA) is 82.9 Å². The van der Waals surface area contributed by atoms with E-state index in [-0.39, 0.29) is 17.1 Å². The van der Waals surface area contributed by atoms with E-state index in [0.29, 0.717) is 11.4 Å². The highest BCUT2D eigenvalue weighted by Gasteiger charge is 2.35. The first kappa shape index (κ1) is 26.1. The van der Waals surface area contributed by atoms with E-state index < -0.39 is 0 Å². The number of pyridine rings is 1. The Morgan fingerprint density at radius 1 is 1.00 bits per heavy atom. The van der Waals surface area contributed by atoms with E-state index in [1.165, 1.54) is 22.4 Å². The fraction of sp³-hybridized carbons (Fsp3) is 0.467. The maximum absolute atomic E-state index is 13.6. The third-order valence-corrected chi connectivity index (χ3v) is 8.20. The van der Waals surface area contributed by atoms with Crippen molar-refractivity contribution in [1.29, 1.82) is 0 Å². The predicted octanol–water partition coefficient (Wildman–Crippen LogP) is 4.75. The van der Waals surface area contributed by atoms with Gasteiger partial charge in [0.05, 0.1) is 5.54 Å². The highest BCUT2D eigenvalue weighted by Crippen LogP contribution is 2.32. The largest absolute Gasteiger partial charge is 0.369 e. The van der Waals surface area contributed by atoms with E-state index in [2.05, 4.69) is 102 Å². The summed E-state index contributed by atoms with van der Waals surface area (Å²) in [4.78, 5) is 21.6. The number of aromatic amines is 1. The molecule has 0 radical (unpaired) electrons. The van der Waals surface area contributed by atoms with Crippen LogP contribution in [0.2, 0.25) is 0 Å². The quantitative estimate of drug-likeness (QED) is 0.384. The van der Waals surface area contributed by atoms with E-state index in [9.17, 15) is 4.79 Å². The number of nitrogens with zero attached hydrogens (tertiary/aromatic N) is 6. The van der Waals surface area contributed by atoms with Crippen LogP contribution in [0, 0.1) is 13.8 Å². The Morgan fingerprint density at radius 3 is 2.47 bits per heavy atom. The van der Waals surface area contributed by atoms with Gasteiger partial charge in [0.25, 0.3) is 5.56 Å². The average Bonchev–Trinajstić information content (AvgIpc) is 3.41. The molecular formula is C30H39N7O. The maximum atomic E-state index is 13.6. The molecule has 1 saturated heterocycles. The summed E-state index contributed by atoms with van der Waals surface area (Å²) in [6.07, 6.45) is 1.81. The van der Waals surface area contributed by atoms with Crippen molar-refractivity contribution < 1.29 is 0 Å². The molecule has 8 heteroatoms. The normalized spacial score (nSPS) is 15.8. The van der Waals surface area contributed by atoms with Crippen molar-refractivity contribution in [2.45, 2.75) is 66.0 Å². The lowest BCUT2D eigenvalue weighted by atomic mass is 9.98. The Bertz CT molecular complexity index is 1490. The lowest BCUT2D eigenvalue weighted by Crippen LogP contribution is -2.49. The number of hydrogen-bond donors (Lipinski definition) is 1. The first-order chi connectivity index (χ1) is 18.2. The number of aromatic nitrogens is 5. The van der Waals surface area contributed by atoms with Crippen molar-refractivity contribution in [3.8, 4) is 0 Å². The zero-order chi connectivity index (χ0) is 27.0. The maximum Gasteiger partial charge on any atom is 0.253 e. The van der Waals surface area contributed by atoms with Gasteiger partial charge in [0.1, 0.15) is 6.04 Å². The summed E-state index contributed by atoms with van der Waals surface area (Å²) in [6.45, 7) is 16.2. The van der Waals surface area contributed by atoms with Crippen LogP contribution >= 0.6 is 0 Å². The zero-order valence-electron chi connectivity index (χ0n) is 23.5. The van der Waals surface area contributed by atoms with Crippen LogP contribution in [0.15, 0.2) is 47.3 Å². The number of piperazine rings is 1. The number of anilines is 1. The molecule has 0 bridgehead atoms. The van der Waals surface area contributed by atoms with E-state index in [1.807, 2.05) is 16.8 Å². The molecule has 4 aromatic rings. The minimum atomic E-state index is -0.352. The van der Waals surface area contributed by atoms with Crippen molar-refractivity contribution in [3.63, 3.8) is 0 Å². The first-order valence-electron chi connectivity index (χ1n) is 13.7. The number of tetrazole rings is 1. The molecule has 0 spiro atoms. The molecule has 1 fully saturated rings. The molecule has 5 rings (SSSR count). The average molecular weight is 514 g/mol. The molecule has 0 unspecified atom stereocenters. The van der Waals surface area contributed by atoms with Crippen LogP contribution in [-0.4, -0.2) is 56.3 Å². The molecule has 1 atom stereocenters. The van der Waals surface area contributed by atoms with Crippen LogP contribution < -0.4 is 10.5 Å². The van der Waals surface area contributed by atoms with E-state index in [1.54, 1.807) is 0 Å². The number of H-pyrrole nitrogens is 1. The molecule has 38 heavy (non-hydrogen) atoms. The monoisotopic (exact) mass is 513 g/mol. The fourth-order valence-corrected chi connectivity index (χ4v) is 5.42. The molecular weight excluding hydrogens is 474 g/mol. The fourth-order valence-electron chi connectivity index (χ4n) is 5.42. The summed E-state index contributed by atoms with van der Waals surface area (Å²) in [5.74, 6) is 0.716. The van der Waals surface area contributed by atoms with Crippen LogP contribution in [0.4, 0.5) is 5.69 Å². The highest BCUT2D eigenvalue weighted by molar-refractivity contribution is 5.80. The van der Waals surface area contributed by atoms with Crippen LogP contribution in [0.3, 0.4) is 0 Å². The number of hydrogen-bond acceptors (Lipinski definition) is 6. The van der Waals surface area contributed by atoms with Crippen molar-refractivity contribution in [2.24, 2.45) is 0 Å². The molecule has 1 aliphatic heterocycles. The second-order valence-corrected chi connectivity index (χ2v) is 11.2. The molecule has 2 aromatic carbocycles. The molecule has 0 aliphatic carbocycles. The summed E-state index contributed by atoms with van der Waals surface area (Å²) in [5.41, 5.74) is 6.24. The number of aryl methyl sites for hydroxylation is 3. The number of rotatable bonds is 7. The van der Waals surface area contributed by atoms with E-state index in [4.69, 9.17) is 0 Å². The van der Waals surface area contributed by atoms with Gasteiger partial charge < -0.3 is 9.88 Å². The Hall–Kier alpha value is -3.52. The van der Waals surface area contributed by atoms with Crippen molar-refractivity contribution >= 4 is 16.6 Å². The van der Waals surface area contributed by atoms with Gasteiger partial charge in [-0.15, -0.1) is 5.10 Å². The van der Waals surface area contributed by atoms with Crippen molar-refractivity contribution in [3.05, 3.63) is 80.9 Å². The number of benzene rings is 2. The van der Waals surface area contributed by atoms with E-state index in [0.717, 1.165) is 49.9 Å². The van der Waals surface area contributed by atoms with Gasteiger partial charge in [-0.05, 0) is 97.3 Å². The standard InChI is InChI=1S/C30H39N7O/c1-7-22-11-12-25-23(18-22)19-24(29(38)31-25)27(28-32-33-34-37(28)30(5,6)8-2)36-15-13-35(14-16-36)26-17-20(3)9-10-21(26)4/h9-12,17-19,27H,7-8,13-16H2,1-6H3,(H,31,38)/t27-/m0/s1. The third kappa shape index (κ3) is 4.85.